The van der Waals surface area contributed by atoms with Crippen LogP contribution in [0.1, 0.15) is 24.2 Å². The highest BCUT2D eigenvalue weighted by Gasteiger charge is 2.27. The van der Waals surface area contributed by atoms with Gasteiger partial charge in [0, 0.05) is 0 Å². The van der Waals surface area contributed by atoms with E-state index in [0.717, 1.165) is 0 Å². The van der Waals surface area contributed by atoms with E-state index < -0.39 is 51.6 Å². The molecule has 1 aromatic rings. The fourth-order valence-electron chi connectivity index (χ4n) is 1.58. The maximum Gasteiger partial charge on any atom is 0.326 e. The summed E-state index contributed by atoms with van der Waals surface area (Å²) in [4.78, 5) is 32.0. The van der Waals surface area contributed by atoms with Gasteiger partial charge in [-0.3, -0.25) is 14.9 Å². The summed E-state index contributed by atoms with van der Waals surface area (Å²) >= 11 is 0. The number of benzene rings is 1. The first kappa shape index (κ1) is 16.5. The van der Waals surface area contributed by atoms with E-state index in [2.05, 4.69) is 0 Å². The van der Waals surface area contributed by atoms with Gasteiger partial charge in [-0.2, -0.15) is 4.39 Å². The molecule has 0 saturated heterocycles. The van der Waals surface area contributed by atoms with Crippen LogP contribution < -0.4 is 5.32 Å². The Morgan fingerprint density at radius 2 is 1.86 bits per heavy atom. The predicted molar refractivity (Wildman–Crippen MR) is 66.7 cm³/mol. The molecule has 0 heterocycles. The quantitative estimate of drug-likeness (QED) is 0.635. The van der Waals surface area contributed by atoms with Crippen molar-refractivity contribution in [1.29, 1.82) is 0 Å². The van der Waals surface area contributed by atoms with Crippen molar-refractivity contribution >= 4 is 17.6 Å². The van der Waals surface area contributed by atoms with Gasteiger partial charge in [-0.05, 0) is 12.0 Å². The first-order valence-corrected chi connectivity index (χ1v) is 5.82. The third kappa shape index (κ3) is 3.71. The summed E-state index contributed by atoms with van der Waals surface area (Å²) in [5, 5.41) is 21.4. The summed E-state index contributed by atoms with van der Waals surface area (Å²) in [7, 11) is 0. The zero-order valence-corrected chi connectivity index (χ0v) is 11.1. The minimum absolute atomic E-state index is 0.273. The lowest BCUT2D eigenvalue weighted by Crippen LogP contribution is -2.44. The monoisotopic (exact) mass is 302 g/mol. The lowest BCUT2D eigenvalue weighted by molar-refractivity contribution is -0.387. The Balaban J connectivity index is 3.11. The van der Waals surface area contributed by atoms with Crippen molar-refractivity contribution in [3.8, 4) is 0 Å². The Hall–Kier alpha value is -2.58. The number of carbonyl (C=O) groups is 2. The number of carboxylic acids is 1. The van der Waals surface area contributed by atoms with Crippen LogP contribution in [-0.2, 0) is 4.79 Å². The molecule has 1 aromatic carbocycles. The predicted octanol–water partition coefficient (Wildman–Crippen LogP) is 1.71. The van der Waals surface area contributed by atoms with Crippen LogP contribution in [0.5, 0.6) is 0 Å². The van der Waals surface area contributed by atoms with E-state index in [1.54, 1.807) is 0 Å². The third-order valence-electron chi connectivity index (χ3n) is 2.70. The molecule has 0 aliphatic carbocycles. The van der Waals surface area contributed by atoms with Crippen molar-refractivity contribution < 1.29 is 28.4 Å². The molecule has 0 aliphatic heterocycles. The molecule has 9 heteroatoms. The van der Waals surface area contributed by atoms with Crippen LogP contribution in [0.4, 0.5) is 14.5 Å². The zero-order chi connectivity index (χ0) is 16.3. The van der Waals surface area contributed by atoms with Crippen LogP contribution in [0.2, 0.25) is 0 Å². The van der Waals surface area contributed by atoms with Crippen LogP contribution in [0.15, 0.2) is 12.1 Å². The molecule has 2 N–H and O–H groups in total. The molecule has 0 fully saturated rings. The molecule has 7 nitrogen and oxygen atoms in total. The van der Waals surface area contributed by atoms with Gasteiger partial charge in [-0.15, -0.1) is 0 Å². The minimum Gasteiger partial charge on any atom is -0.480 e. The van der Waals surface area contributed by atoms with E-state index in [4.69, 9.17) is 5.11 Å². The number of hydrogen-bond acceptors (Lipinski definition) is 4. The van der Waals surface area contributed by atoms with E-state index >= 15 is 0 Å². The molecule has 0 spiro atoms. The molecule has 21 heavy (non-hydrogen) atoms. The second-order valence-corrected chi connectivity index (χ2v) is 4.57. The first-order valence-electron chi connectivity index (χ1n) is 5.82. The number of nitro groups is 1. The second-order valence-electron chi connectivity index (χ2n) is 4.57. The lowest BCUT2D eigenvalue weighted by atomic mass is 10.0. The van der Waals surface area contributed by atoms with E-state index in [0.29, 0.717) is 6.07 Å². The maximum atomic E-state index is 13.6. The first-order chi connectivity index (χ1) is 9.65. The summed E-state index contributed by atoms with van der Waals surface area (Å²) in [5.41, 5.74) is -1.91. The van der Waals surface area contributed by atoms with Gasteiger partial charge in [0.15, 0.2) is 0 Å². The average molecular weight is 302 g/mol. The SMILES string of the molecule is CC(C)C(NC(=O)c1cc(F)c([N+](=O)[O-])cc1F)C(=O)O. The molecule has 0 radical (unpaired) electrons. The molecular weight excluding hydrogens is 290 g/mol. The van der Waals surface area contributed by atoms with Crippen LogP contribution >= 0.6 is 0 Å². The van der Waals surface area contributed by atoms with Gasteiger partial charge in [0.05, 0.1) is 16.6 Å². The van der Waals surface area contributed by atoms with Gasteiger partial charge in [-0.25, -0.2) is 9.18 Å². The number of carbonyl (C=O) groups excluding carboxylic acids is 1. The van der Waals surface area contributed by atoms with Crippen molar-refractivity contribution in [2.24, 2.45) is 5.92 Å². The molecule has 1 unspecified atom stereocenters. The number of nitrogens with zero attached hydrogens (tertiary/aromatic N) is 1. The number of nitro benzene ring substituents is 1. The number of carboxylic acid groups (broad SMARTS) is 1. The fraction of sp³-hybridized carbons (Fsp3) is 0.333. The van der Waals surface area contributed by atoms with Gasteiger partial charge >= 0.3 is 11.7 Å². The van der Waals surface area contributed by atoms with Crippen LogP contribution in [0.3, 0.4) is 0 Å². The van der Waals surface area contributed by atoms with Crippen LogP contribution in [0, 0.1) is 27.7 Å². The Morgan fingerprint density at radius 3 is 2.29 bits per heavy atom. The standard InChI is InChI=1S/C12H12F2N2O5/c1-5(2)10(12(18)19)15-11(17)6-3-8(14)9(16(20)21)4-7(6)13/h3-5,10H,1-2H3,(H,15,17)(H,18,19). The van der Waals surface area contributed by atoms with E-state index in [9.17, 15) is 28.5 Å². The van der Waals surface area contributed by atoms with Crippen LogP contribution in [-0.4, -0.2) is 27.9 Å². The van der Waals surface area contributed by atoms with E-state index in [1.807, 2.05) is 5.32 Å². The molecule has 1 atom stereocenters. The van der Waals surface area contributed by atoms with Crippen molar-refractivity contribution in [3.63, 3.8) is 0 Å². The Morgan fingerprint density at radius 1 is 1.29 bits per heavy atom. The minimum atomic E-state index is -1.39. The van der Waals surface area contributed by atoms with Crippen molar-refractivity contribution in [2.45, 2.75) is 19.9 Å². The van der Waals surface area contributed by atoms with E-state index in [1.165, 1.54) is 13.8 Å². The molecular formula is C12H12F2N2O5. The summed E-state index contributed by atoms with van der Waals surface area (Å²) in [5.74, 6) is -5.68. The molecule has 0 bridgehead atoms. The summed E-state index contributed by atoms with van der Waals surface area (Å²) in [6.07, 6.45) is 0. The molecule has 0 aliphatic rings. The highest BCUT2D eigenvalue weighted by Crippen LogP contribution is 2.21. The highest BCUT2D eigenvalue weighted by molar-refractivity contribution is 5.97. The molecule has 1 rings (SSSR count). The third-order valence-corrected chi connectivity index (χ3v) is 2.70. The van der Waals surface area contributed by atoms with Crippen LogP contribution in [0.25, 0.3) is 0 Å². The maximum absolute atomic E-state index is 13.6. The number of nitrogens with one attached hydrogen (secondary N) is 1. The number of amides is 1. The Bertz CT molecular complexity index is 604. The Labute approximate surface area is 117 Å². The van der Waals surface area contributed by atoms with Gasteiger partial charge in [0.25, 0.3) is 5.91 Å². The lowest BCUT2D eigenvalue weighted by Gasteiger charge is -2.18. The Kier molecular flexibility index (Phi) is 4.90. The van der Waals surface area contributed by atoms with Crippen molar-refractivity contribution in [1.82, 2.24) is 5.32 Å². The van der Waals surface area contributed by atoms with Gasteiger partial charge < -0.3 is 10.4 Å². The largest absolute Gasteiger partial charge is 0.480 e. The molecule has 0 aromatic heterocycles. The highest BCUT2D eigenvalue weighted by atomic mass is 19.1. The zero-order valence-electron chi connectivity index (χ0n) is 11.1. The summed E-state index contributed by atoms with van der Waals surface area (Å²) < 4.78 is 27.0. The van der Waals surface area contributed by atoms with Gasteiger partial charge in [-0.1, -0.05) is 13.8 Å². The second kappa shape index (κ2) is 6.25. The number of aliphatic carboxylic acids is 1. The summed E-state index contributed by atoms with van der Waals surface area (Å²) in [6, 6.07) is -0.660. The normalized spacial score (nSPS) is 12.0. The van der Waals surface area contributed by atoms with E-state index in [-0.39, 0.29) is 6.07 Å². The number of hydrogen-bond donors (Lipinski definition) is 2. The van der Waals surface area contributed by atoms with Gasteiger partial charge in [0.1, 0.15) is 11.9 Å². The summed E-state index contributed by atoms with van der Waals surface area (Å²) in [6.45, 7) is 3.04. The van der Waals surface area contributed by atoms with Crippen molar-refractivity contribution in [3.05, 3.63) is 39.4 Å². The number of rotatable bonds is 5. The average Bonchev–Trinajstić information content (AvgIpc) is 2.36. The van der Waals surface area contributed by atoms with Gasteiger partial charge in [0.2, 0.25) is 5.82 Å². The molecule has 114 valence electrons. The van der Waals surface area contributed by atoms with Crippen molar-refractivity contribution in [2.75, 3.05) is 0 Å². The topological polar surface area (TPSA) is 110 Å². The smallest absolute Gasteiger partial charge is 0.326 e. The fourth-order valence-corrected chi connectivity index (χ4v) is 1.58. The number of halogens is 2. The molecule has 1 amide bonds. The molecule has 0 saturated carbocycles.